The van der Waals surface area contributed by atoms with E-state index < -0.39 is 0 Å². The number of anilines is 1. The van der Waals surface area contributed by atoms with E-state index in [2.05, 4.69) is 4.90 Å². The molecule has 0 radical (unpaired) electrons. The summed E-state index contributed by atoms with van der Waals surface area (Å²) >= 11 is 0. The van der Waals surface area contributed by atoms with Crippen molar-refractivity contribution >= 4 is 22.6 Å². The Balaban J connectivity index is 1.80. The van der Waals surface area contributed by atoms with Gasteiger partial charge in [0, 0.05) is 30.0 Å². The number of rotatable bonds is 3. The third-order valence-corrected chi connectivity index (χ3v) is 5.19. The van der Waals surface area contributed by atoms with E-state index in [0.29, 0.717) is 24.8 Å². The molecule has 1 fully saturated rings. The second kappa shape index (κ2) is 6.97. The number of nitrogens with zero attached hydrogens (tertiary/aromatic N) is 6. The van der Waals surface area contributed by atoms with Gasteiger partial charge in [-0.15, -0.1) is 5.10 Å². The van der Waals surface area contributed by atoms with Crippen molar-refractivity contribution in [2.45, 2.75) is 13.8 Å². The summed E-state index contributed by atoms with van der Waals surface area (Å²) in [5.41, 5.74) is 5.18. The van der Waals surface area contributed by atoms with Gasteiger partial charge in [0.1, 0.15) is 5.75 Å². The van der Waals surface area contributed by atoms with Crippen LogP contribution in [0.5, 0.6) is 5.75 Å². The lowest BCUT2D eigenvalue weighted by Crippen LogP contribution is -2.37. The summed E-state index contributed by atoms with van der Waals surface area (Å²) in [7, 11) is 1.66. The van der Waals surface area contributed by atoms with Gasteiger partial charge >= 0.3 is 0 Å². The number of fused-ring (bicyclic) bond motifs is 3. The molecule has 8 heteroatoms. The Hall–Kier alpha value is -3.26. The zero-order chi connectivity index (χ0) is 20.0. The van der Waals surface area contributed by atoms with Crippen molar-refractivity contribution in [3.8, 4) is 17.0 Å². The minimum atomic E-state index is 0.647. The Morgan fingerprint density at radius 2 is 1.76 bits per heavy atom. The average molecular weight is 390 g/mol. The highest BCUT2D eigenvalue weighted by Crippen LogP contribution is 2.32. The highest BCUT2D eigenvalue weighted by molar-refractivity contribution is 6.01. The van der Waals surface area contributed by atoms with Gasteiger partial charge < -0.3 is 14.4 Å². The maximum atomic E-state index is 5.49. The molecular weight excluding hydrogens is 368 g/mol. The average Bonchev–Trinajstić information content (AvgIpc) is 3.13. The smallest absolute Gasteiger partial charge is 0.228 e. The van der Waals surface area contributed by atoms with Gasteiger partial charge in [-0.1, -0.05) is 0 Å². The predicted octanol–water partition coefficient (Wildman–Crippen LogP) is 2.80. The summed E-state index contributed by atoms with van der Waals surface area (Å²) in [6.07, 6.45) is 0. The van der Waals surface area contributed by atoms with Gasteiger partial charge in [-0.2, -0.15) is 4.98 Å². The lowest BCUT2D eigenvalue weighted by Gasteiger charge is -2.27. The van der Waals surface area contributed by atoms with Crippen LogP contribution in [0.1, 0.15) is 11.4 Å². The van der Waals surface area contributed by atoms with E-state index >= 15 is 0 Å². The Morgan fingerprint density at radius 3 is 2.48 bits per heavy atom. The SMILES string of the molecule is COc1ccc(-c2nc(N3CCOCC3)nc3nn4c(C)cc(C)nc4c23)cc1. The first-order chi connectivity index (χ1) is 14.1. The zero-order valence-electron chi connectivity index (χ0n) is 16.7. The Kier molecular flexibility index (Phi) is 4.28. The molecule has 1 aromatic carbocycles. The van der Waals surface area contributed by atoms with Crippen molar-refractivity contribution in [1.82, 2.24) is 24.6 Å². The van der Waals surface area contributed by atoms with Crippen molar-refractivity contribution < 1.29 is 9.47 Å². The minimum Gasteiger partial charge on any atom is -0.497 e. The van der Waals surface area contributed by atoms with Crippen LogP contribution in [-0.2, 0) is 4.74 Å². The molecular formula is C21H22N6O2. The Bertz CT molecular complexity index is 1200. The van der Waals surface area contributed by atoms with Crippen LogP contribution in [0.2, 0.25) is 0 Å². The molecule has 0 unspecified atom stereocenters. The van der Waals surface area contributed by atoms with Crippen LogP contribution >= 0.6 is 0 Å². The lowest BCUT2D eigenvalue weighted by atomic mass is 10.1. The van der Waals surface area contributed by atoms with Crippen LogP contribution in [0.4, 0.5) is 5.95 Å². The fraction of sp³-hybridized carbons (Fsp3) is 0.333. The van der Waals surface area contributed by atoms with Crippen LogP contribution in [0.25, 0.3) is 27.9 Å². The summed E-state index contributed by atoms with van der Waals surface area (Å²) in [5.74, 6) is 1.47. The first kappa shape index (κ1) is 17.8. The van der Waals surface area contributed by atoms with Crippen LogP contribution < -0.4 is 9.64 Å². The minimum absolute atomic E-state index is 0.647. The molecule has 1 aliphatic heterocycles. The maximum absolute atomic E-state index is 5.49. The number of ether oxygens (including phenoxy) is 2. The largest absolute Gasteiger partial charge is 0.497 e. The number of aromatic nitrogens is 5. The van der Waals surface area contributed by atoms with Crippen molar-refractivity contribution in [1.29, 1.82) is 0 Å². The molecule has 0 saturated carbocycles. The molecule has 148 valence electrons. The number of hydrogen-bond donors (Lipinski definition) is 0. The molecule has 0 aliphatic carbocycles. The maximum Gasteiger partial charge on any atom is 0.228 e. The fourth-order valence-electron chi connectivity index (χ4n) is 3.74. The normalized spacial score (nSPS) is 14.7. The van der Waals surface area contributed by atoms with Gasteiger partial charge in [0.2, 0.25) is 5.95 Å². The van der Waals surface area contributed by atoms with Crippen molar-refractivity contribution in [2.75, 3.05) is 38.3 Å². The quantitative estimate of drug-likeness (QED) is 0.532. The van der Waals surface area contributed by atoms with E-state index in [1.807, 2.05) is 48.7 Å². The van der Waals surface area contributed by atoms with Crippen LogP contribution in [0.15, 0.2) is 30.3 Å². The molecule has 0 atom stereocenters. The lowest BCUT2D eigenvalue weighted by molar-refractivity contribution is 0.122. The van der Waals surface area contributed by atoms with E-state index in [4.69, 9.17) is 29.5 Å². The van der Waals surface area contributed by atoms with E-state index in [0.717, 1.165) is 52.5 Å². The van der Waals surface area contributed by atoms with Crippen LogP contribution in [0, 0.1) is 13.8 Å². The van der Waals surface area contributed by atoms with Gasteiger partial charge in [-0.05, 0) is 44.2 Å². The van der Waals surface area contributed by atoms with Gasteiger partial charge in [-0.3, -0.25) is 0 Å². The summed E-state index contributed by atoms with van der Waals surface area (Å²) in [6.45, 7) is 6.88. The van der Waals surface area contributed by atoms with Crippen molar-refractivity contribution in [2.24, 2.45) is 0 Å². The topological polar surface area (TPSA) is 77.7 Å². The molecule has 29 heavy (non-hydrogen) atoms. The first-order valence-electron chi connectivity index (χ1n) is 9.66. The third-order valence-electron chi connectivity index (χ3n) is 5.19. The molecule has 0 bridgehead atoms. The standard InChI is InChI=1S/C21H22N6O2/c1-13-12-14(2)27-20(22-13)17-18(15-4-6-16(28-3)7-5-15)23-21(24-19(17)25-27)26-8-10-29-11-9-26/h4-7,12H,8-11H2,1-3H3. The predicted molar refractivity (Wildman–Crippen MR) is 111 cm³/mol. The van der Waals surface area contributed by atoms with Crippen molar-refractivity contribution in [3.63, 3.8) is 0 Å². The number of benzene rings is 1. The van der Waals surface area contributed by atoms with E-state index in [1.165, 1.54) is 0 Å². The second-order valence-corrected chi connectivity index (χ2v) is 7.17. The molecule has 4 aromatic rings. The second-order valence-electron chi connectivity index (χ2n) is 7.17. The van der Waals surface area contributed by atoms with Crippen molar-refractivity contribution in [3.05, 3.63) is 41.7 Å². The monoisotopic (exact) mass is 390 g/mol. The first-order valence-corrected chi connectivity index (χ1v) is 9.66. The summed E-state index contributed by atoms with van der Waals surface area (Å²) in [5, 5.41) is 5.61. The fourth-order valence-corrected chi connectivity index (χ4v) is 3.74. The van der Waals surface area contributed by atoms with Crippen LogP contribution in [-0.4, -0.2) is 58.0 Å². The molecule has 1 saturated heterocycles. The summed E-state index contributed by atoms with van der Waals surface area (Å²) in [4.78, 5) is 16.6. The number of hydrogen-bond acceptors (Lipinski definition) is 7. The molecule has 4 heterocycles. The van der Waals surface area contributed by atoms with Gasteiger partial charge in [0.25, 0.3) is 0 Å². The van der Waals surface area contributed by atoms with Crippen LogP contribution in [0.3, 0.4) is 0 Å². The molecule has 0 N–H and O–H groups in total. The highest BCUT2D eigenvalue weighted by atomic mass is 16.5. The number of aryl methyl sites for hydroxylation is 2. The number of morpholine rings is 1. The molecule has 0 spiro atoms. The third kappa shape index (κ3) is 3.05. The molecule has 1 aliphatic rings. The van der Waals surface area contributed by atoms with Gasteiger partial charge in [-0.25, -0.2) is 14.5 Å². The highest BCUT2D eigenvalue weighted by Gasteiger charge is 2.22. The van der Waals surface area contributed by atoms with E-state index in [1.54, 1.807) is 7.11 Å². The molecule has 0 amide bonds. The van der Waals surface area contributed by atoms with Gasteiger partial charge in [0.05, 0.1) is 31.4 Å². The van der Waals surface area contributed by atoms with Gasteiger partial charge in [0.15, 0.2) is 11.3 Å². The molecule has 8 nitrogen and oxygen atoms in total. The number of methoxy groups -OCH3 is 1. The summed E-state index contributed by atoms with van der Waals surface area (Å²) in [6, 6.07) is 9.91. The zero-order valence-corrected chi connectivity index (χ0v) is 16.7. The molecule has 3 aromatic heterocycles. The molecule has 5 rings (SSSR count). The summed E-state index contributed by atoms with van der Waals surface area (Å²) < 4.78 is 12.6. The Morgan fingerprint density at radius 1 is 1.00 bits per heavy atom. The van der Waals surface area contributed by atoms with E-state index in [9.17, 15) is 0 Å². The van der Waals surface area contributed by atoms with E-state index in [-0.39, 0.29) is 0 Å². The Labute approximate surface area is 168 Å².